The second-order valence-corrected chi connectivity index (χ2v) is 16.6. The quantitative estimate of drug-likeness (QED) is 0.386. The van der Waals surface area contributed by atoms with Crippen LogP contribution < -0.4 is 10.4 Å². The Hall–Kier alpha value is -1.40. The lowest BCUT2D eigenvalue weighted by Gasteiger charge is -2.43. The van der Waals surface area contributed by atoms with E-state index in [0.717, 1.165) is 12.8 Å². The summed E-state index contributed by atoms with van der Waals surface area (Å²) in [6, 6.07) is 21.8. The number of rotatable bonds is 9. The van der Waals surface area contributed by atoms with E-state index in [-0.39, 0.29) is 23.4 Å². The van der Waals surface area contributed by atoms with Crippen molar-refractivity contribution in [3.05, 3.63) is 60.7 Å². The molecule has 1 atom stereocenters. The molecule has 1 aliphatic rings. The third-order valence-electron chi connectivity index (χ3n) is 7.65. The molecule has 0 aliphatic carbocycles. The molecular weight excluding hydrogens is 435 g/mol. The lowest BCUT2D eigenvalue weighted by molar-refractivity contribution is 0.00578. The third kappa shape index (κ3) is 5.54. The molecule has 0 spiro atoms. The maximum Gasteiger partial charge on any atom is 0.461 e. The van der Waals surface area contributed by atoms with Crippen LogP contribution in [0.2, 0.25) is 10.9 Å². The molecule has 0 aromatic heterocycles. The molecule has 1 saturated heterocycles. The van der Waals surface area contributed by atoms with Crippen LogP contribution in [0.25, 0.3) is 0 Å². The summed E-state index contributed by atoms with van der Waals surface area (Å²) in [5, 5.41) is 2.63. The molecule has 0 unspecified atom stereocenters. The van der Waals surface area contributed by atoms with Crippen LogP contribution in [-0.2, 0) is 13.7 Å². The van der Waals surface area contributed by atoms with Crippen LogP contribution in [0.4, 0.5) is 0 Å². The largest absolute Gasteiger partial charge is 0.461 e. The van der Waals surface area contributed by atoms with Gasteiger partial charge in [-0.05, 0) is 67.7 Å². The Bertz CT molecular complexity index is 850. The number of hydrogen-bond acceptors (Lipinski definition) is 3. The molecule has 1 fully saturated rings. The van der Waals surface area contributed by atoms with Gasteiger partial charge in [-0.1, -0.05) is 95.3 Å². The van der Waals surface area contributed by atoms with Gasteiger partial charge in [0.15, 0.2) is 0 Å². The van der Waals surface area contributed by atoms with Gasteiger partial charge in [-0.3, -0.25) is 0 Å². The number of benzene rings is 2. The first kappa shape index (κ1) is 27.2. The van der Waals surface area contributed by atoms with Crippen LogP contribution in [0.3, 0.4) is 0 Å². The van der Waals surface area contributed by atoms with Crippen molar-refractivity contribution >= 4 is 25.8 Å². The molecule has 0 N–H and O–H groups in total. The second kappa shape index (κ2) is 10.3. The fourth-order valence-corrected chi connectivity index (χ4v) is 9.76. The minimum atomic E-state index is -2.53. The molecule has 2 aromatic rings. The highest BCUT2D eigenvalue weighted by molar-refractivity contribution is 6.99. The molecule has 1 heterocycles. The summed E-state index contributed by atoms with van der Waals surface area (Å²) >= 11 is 0. The first-order chi connectivity index (χ1) is 15.8. The van der Waals surface area contributed by atoms with Gasteiger partial charge in [-0.15, -0.1) is 0 Å². The Balaban J connectivity index is 1.90. The van der Waals surface area contributed by atoms with Crippen molar-refractivity contribution in [2.75, 3.05) is 6.61 Å². The van der Waals surface area contributed by atoms with Crippen LogP contribution >= 0.6 is 0 Å². The maximum atomic E-state index is 7.17. The zero-order valence-electron chi connectivity index (χ0n) is 22.9. The smallest absolute Gasteiger partial charge is 0.407 e. The minimum Gasteiger partial charge on any atom is -0.407 e. The van der Waals surface area contributed by atoms with Crippen LogP contribution in [0, 0.1) is 5.92 Å². The highest BCUT2D eigenvalue weighted by Gasteiger charge is 2.54. The van der Waals surface area contributed by atoms with E-state index in [1.165, 1.54) is 10.4 Å². The summed E-state index contributed by atoms with van der Waals surface area (Å²) in [6.45, 7) is 20.8. The lowest BCUT2D eigenvalue weighted by Crippen LogP contribution is -2.66. The Kier molecular flexibility index (Phi) is 8.24. The van der Waals surface area contributed by atoms with Gasteiger partial charge < -0.3 is 13.7 Å². The predicted molar refractivity (Wildman–Crippen MR) is 147 cm³/mol. The highest BCUT2D eigenvalue weighted by Crippen LogP contribution is 2.43. The maximum absolute atomic E-state index is 7.17. The Morgan fingerprint density at radius 3 is 1.65 bits per heavy atom. The molecule has 34 heavy (non-hydrogen) atoms. The fraction of sp³-hybridized carbons (Fsp3) is 0.586. The van der Waals surface area contributed by atoms with Crippen molar-refractivity contribution in [3.63, 3.8) is 0 Å². The van der Waals surface area contributed by atoms with Gasteiger partial charge in [0.05, 0.1) is 11.2 Å². The summed E-state index contributed by atoms with van der Waals surface area (Å²) in [6.07, 6.45) is 1.97. The molecule has 1 aliphatic heterocycles. The molecule has 186 valence electrons. The normalized spacial score (nSPS) is 18.9. The average molecular weight is 481 g/mol. The molecule has 0 bridgehead atoms. The molecule has 3 nitrogen and oxygen atoms in total. The van der Waals surface area contributed by atoms with E-state index in [2.05, 4.69) is 123 Å². The van der Waals surface area contributed by atoms with E-state index < -0.39 is 8.32 Å². The van der Waals surface area contributed by atoms with Crippen molar-refractivity contribution in [1.29, 1.82) is 0 Å². The SMILES string of the molecule is CC(C)C[C@@H](CCO[Si](c1ccccc1)(c1ccccc1)C(C)(C)C)B1OC(C)(C)C(C)(C)O1. The van der Waals surface area contributed by atoms with Crippen molar-refractivity contribution in [3.8, 4) is 0 Å². The molecule has 3 rings (SSSR count). The zero-order chi connectivity index (χ0) is 25.2. The lowest BCUT2D eigenvalue weighted by atomic mass is 9.66. The Labute approximate surface area is 209 Å². The van der Waals surface area contributed by atoms with Crippen LogP contribution in [0.15, 0.2) is 60.7 Å². The van der Waals surface area contributed by atoms with Crippen LogP contribution in [0.1, 0.15) is 75.2 Å². The van der Waals surface area contributed by atoms with Gasteiger partial charge >= 0.3 is 7.12 Å². The van der Waals surface area contributed by atoms with Crippen LogP contribution in [0.5, 0.6) is 0 Å². The monoisotopic (exact) mass is 480 g/mol. The Morgan fingerprint density at radius 2 is 1.26 bits per heavy atom. The summed E-state index contributed by atoms with van der Waals surface area (Å²) in [5.41, 5.74) is -0.627. The molecule has 2 aromatic carbocycles. The van der Waals surface area contributed by atoms with E-state index in [1.807, 2.05) is 0 Å². The first-order valence-corrected chi connectivity index (χ1v) is 14.8. The molecule has 0 saturated carbocycles. The molecule has 0 amide bonds. The average Bonchev–Trinajstić information content (AvgIpc) is 2.97. The van der Waals surface area contributed by atoms with E-state index in [9.17, 15) is 0 Å². The van der Waals surface area contributed by atoms with Gasteiger partial charge in [0.25, 0.3) is 8.32 Å². The molecule has 5 heteroatoms. The van der Waals surface area contributed by atoms with E-state index in [0.29, 0.717) is 18.3 Å². The zero-order valence-corrected chi connectivity index (χ0v) is 23.9. The summed E-state index contributed by atoms with van der Waals surface area (Å²) in [5.74, 6) is 0.858. The minimum absolute atomic E-state index is 0.0202. The van der Waals surface area contributed by atoms with Gasteiger partial charge in [-0.2, -0.15) is 0 Å². The topological polar surface area (TPSA) is 27.7 Å². The van der Waals surface area contributed by atoms with Gasteiger partial charge in [-0.25, -0.2) is 0 Å². The molecular formula is C29H45BO3Si. The van der Waals surface area contributed by atoms with Gasteiger partial charge in [0.2, 0.25) is 0 Å². The number of hydrogen-bond donors (Lipinski definition) is 0. The van der Waals surface area contributed by atoms with Gasteiger partial charge in [0, 0.05) is 6.61 Å². The fourth-order valence-electron chi connectivity index (χ4n) is 5.18. The summed E-state index contributed by atoms with van der Waals surface area (Å²) in [7, 11) is -2.73. The van der Waals surface area contributed by atoms with E-state index in [1.54, 1.807) is 0 Å². The highest BCUT2D eigenvalue weighted by atomic mass is 28.4. The van der Waals surface area contributed by atoms with Crippen molar-refractivity contribution in [2.24, 2.45) is 5.92 Å². The predicted octanol–water partition coefficient (Wildman–Crippen LogP) is 6.46. The van der Waals surface area contributed by atoms with Crippen molar-refractivity contribution in [1.82, 2.24) is 0 Å². The van der Waals surface area contributed by atoms with Gasteiger partial charge in [0.1, 0.15) is 0 Å². The van der Waals surface area contributed by atoms with Crippen LogP contribution in [-0.4, -0.2) is 33.2 Å². The van der Waals surface area contributed by atoms with E-state index >= 15 is 0 Å². The first-order valence-electron chi connectivity index (χ1n) is 12.9. The van der Waals surface area contributed by atoms with E-state index in [4.69, 9.17) is 13.7 Å². The van der Waals surface area contributed by atoms with Crippen molar-refractivity contribution in [2.45, 2.75) is 97.2 Å². The second-order valence-electron chi connectivity index (χ2n) is 12.3. The van der Waals surface area contributed by atoms with Crippen molar-refractivity contribution < 1.29 is 13.7 Å². The standard InChI is InChI=1S/C29H45BO3Si/c1-23(2)22-24(30-32-28(6,7)29(8,9)33-30)20-21-31-34(27(3,4)5,25-16-12-10-13-17-25)26-18-14-11-15-19-26/h10-19,23-24H,20-22H2,1-9H3/t24-/m1/s1. The summed E-state index contributed by atoms with van der Waals surface area (Å²) < 4.78 is 20.1. The molecule has 0 radical (unpaired) electrons. The Morgan fingerprint density at radius 1 is 0.824 bits per heavy atom. The summed E-state index contributed by atoms with van der Waals surface area (Å²) in [4.78, 5) is 0. The third-order valence-corrected chi connectivity index (χ3v) is 12.7.